The molecule has 0 bridgehead atoms. The highest BCUT2D eigenvalue weighted by molar-refractivity contribution is 9.10. The molecule has 0 aliphatic carbocycles. The summed E-state index contributed by atoms with van der Waals surface area (Å²) in [7, 11) is 5.76. The zero-order valence-electron chi connectivity index (χ0n) is 11.1. The second kappa shape index (κ2) is 5.14. The molecule has 22 heavy (non-hydrogen) atoms. The molecule has 2 heterocycles. The van der Waals surface area contributed by atoms with E-state index in [2.05, 4.69) is 20.9 Å². The number of aromatic nitrogens is 1. The van der Waals surface area contributed by atoms with Gasteiger partial charge in [0.2, 0.25) is 0 Å². The molecule has 0 spiro atoms. The fourth-order valence-corrected chi connectivity index (χ4v) is 2.66. The number of rotatable bonds is 2. The van der Waals surface area contributed by atoms with Crippen LogP contribution in [0.15, 0.2) is 34.9 Å². The molecular weight excluding hydrogens is 357 g/mol. The van der Waals surface area contributed by atoms with Crippen LogP contribution in [0.1, 0.15) is 21.6 Å². The van der Waals surface area contributed by atoms with Gasteiger partial charge in [0.15, 0.2) is 19.5 Å². The van der Waals surface area contributed by atoms with E-state index in [9.17, 15) is 18.7 Å². The van der Waals surface area contributed by atoms with Crippen molar-refractivity contribution in [1.29, 1.82) is 0 Å². The summed E-state index contributed by atoms with van der Waals surface area (Å²) in [6, 6.07) is 5.61. The molecule has 4 nitrogen and oxygen atoms in total. The average Bonchev–Trinajstić information content (AvgIpc) is 2.69. The van der Waals surface area contributed by atoms with Crippen molar-refractivity contribution in [2.75, 3.05) is 0 Å². The summed E-state index contributed by atoms with van der Waals surface area (Å²) in [4.78, 5) is 17.0. The van der Waals surface area contributed by atoms with Crippen LogP contribution in [0.4, 0.5) is 8.78 Å². The van der Waals surface area contributed by atoms with Crippen molar-refractivity contribution in [3.8, 4) is 0 Å². The van der Waals surface area contributed by atoms with Crippen molar-refractivity contribution < 1.29 is 18.7 Å². The molecule has 1 unspecified atom stereocenters. The monoisotopic (exact) mass is 364 g/mol. The largest absolute Gasteiger partial charge is 0.374 e. The summed E-state index contributed by atoms with van der Waals surface area (Å²) in [6.45, 7) is -0.391. The molecule has 1 atom stereocenters. The van der Waals surface area contributed by atoms with E-state index < -0.39 is 29.7 Å². The number of halogens is 3. The summed E-state index contributed by atoms with van der Waals surface area (Å²) in [5.41, 5.74) is -2.17. The van der Waals surface area contributed by atoms with Crippen molar-refractivity contribution >= 4 is 29.7 Å². The third-order valence-corrected chi connectivity index (χ3v) is 4.10. The van der Waals surface area contributed by atoms with Crippen molar-refractivity contribution in [3.63, 3.8) is 0 Å². The molecule has 1 aliphatic rings. The van der Waals surface area contributed by atoms with Crippen LogP contribution in [0, 0.1) is 11.6 Å². The Bertz CT molecular complexity index is 785. The summed E-state index contributed by atoms with van der Waals surface area (Å²) in [6.07, 6.45) is 1.38. The number of nitrogens with zero attached hydrogens (tertiary/aromatic N) is 2. The van der Waals surface area contributed by atoms with Gasteiger partial charge in [-0.25, -0.2) is 8.78 Å². The lowest BCUT2D eigenvalue weighted by atomic mass is 9.87. The lowest BCUT2D eigenvalue weighted by Crippen LogP contribution is -2.44. The Balaban J connectivity index is 2.01. The van der Waals surface area contributed by atoms with Gasteiger partial charge in [0.1, 0.15) is 5.62 Å². The predicted octanol–water partition coefficient (Wildman–Crippen LogP) is 2.05. The number of carbonyl (C=O) groups is 1. The number of benzene rings is 1. The first-order valence-corrected chi connectivity index (χ1v) is 7.04. The number of carbonyl (C=O) groups excluding carboxylic acids is 1. The summed E-state index contributed by atoms with van der Waals surface area (Å²) >= 11 is 2.87. The zero-order chi connectivity index (χ0) is 16.1. The molecule has 1 N–H and O–H groups in total. The van der Waals surface area contributed by atoms with Crippen LogP contribution in [0.25, 0.3) is 0 Å². The van der Waals surface area contributed by atoms with Gasteiger partial charge in [-0.3, -0.25) is 9.78 Å². The Morgan fingerprint density at radius 2 is 2.05 bits per heavy atom. The van der Waals surface area contributed by atoms with Gasteiger partial charge in [-0.2, -0.15) is 0 Å². The van der Waals surface area contributed by atoms with Gasteiger partial charge in [0.25, 0.3) is 5.91 Å². The smallest absolute Gasteiger partial charge is 0.258 e. The van der Waals surface area contributed by atoms with Crippen LogP contribution in [0.2, 0.25) is 0 Å². The Labute approximate surface area is 134 Å². The predicted molar refractivity (Wildman–Crippen MR) is 77.8 cm³/mol. The minimum atomic E-state index is -2.18. The Morgan fingerprint density at radius 1 is 1.32 bits per heavy atom. The van der Waals surface area contributed by atoms with Gasteiger partial charge in [-0.15, -0.1) is 0 Å². The van der Waals surface area contributed by atoms with Gasteiger partial charge in [-0.1, -0.05) is 6.07 Å². The van der Waals surface area contributed by atoms with Crippen molar-refractivity contribution in [1.82, 2.24) is 9.88 Å². The minimum Gasteiger partial charge on any atom is -0.374 e. The van der Waals surface area contributed by atoms with Gasteiger partial charge in [0, 0.05) is 11.8 Å². The first kappa shape index (κ1) is 15.1. The van der Waals surface area contributed by atoms with E-state index in [1.54, 1.807) is 0 Å². The number of aliphatic hydroxyl groups is 1. The highest BCUT2D eigenvalue weighted by Crippen LogP contribution is 2.35. The first-order chi connectivity index (χ1) is 10.3. The van der Waals surface area contributed by atoms with E-state index in [4.69, 9.17) is 7.85 Å². The zero-order valence-corrected chi connectivity index (χ0v) is 12.6. The molecule has 110 valence electrons. The molecule has 1 aromatic carbocycles. The van der Waals surface area contributed by atoms with Gasteiger partial charge in [-0.05, 0) is 34.1 Å². The standard InChI is InChI=1S/C14H8BBrF2N2O2/c15-14(22)12-8(2-1-5-19-12)13(21)20(14)6-7-3-4-9(16)11(18)10(7)17/h1-5,22H,6H2. The highest BCUT2D eigenvalue weighted by Gasteiger charge is 2.45. The summed E-state index contributed by atoms with van der Waals surface area (Å²) < 4.78 is 27.5. The quantitative estimate of drug-likeness (QED) is 0.655. The molecule has 2 radical (unpaired) electrons. The number of hydrogen-bond acceptors (Lipinski definition) is 3. The summed E-state index contributed by atoms with van der Waals surface area (Å²) in [5.74, 6) is -2.78. The van der Waals surface area contributed by atoms with E-state index in [-0.39, 0.29) is 21.3 Å². The molecule has 1 aromatic heterocycles. The fourth-order valence-electron chi connectivity index (χ4n) is 2.35. The van der Waals surface area contributed by atoms with Crippen LogP contribution in [-0.2, 0) is 12.2 Å². The lowest BCUT2D eigenvalue weighted by molar-refractivity contribution is -0.0228. The van der Waals surface area contributed by atoms with E-state index in [1.807, 2.05) is 0 Å². The number of amides is 1. The topological polar surface area (TPSA) is 53.4 Å². The molecule has 2 aromatic rings. The highest BCUT2D eigenvalue weighted by atomic mass is 79.9. The third kappa shape index (κ3) is 2.14. The average molecular weight is 365 g/mol. The van der Waals surface area contributed by atoms with E-state index in [0.29, 0.717) is 0 Å². The van der Waals surface area contributed by atoms with E-state index in [0.717, 1.165) is 4.90 Å². The van der Waals surface area contributed by atoms with Crippen molar-refractivity contribution in [2.45, 2.75) is 12.2 Å². The van der Waals surface area contributed by atoms with Crippen molar-refractivity contribution in [2.24, 2.45) is 0 Å². The third-order valence-electron chi connectivity index (χ3n) is 3.49. The van der Waals surface area contributed by atoms with Crippen LogP contribution >= 0.6 is 15.9 Å². The molecule has 1 aliphatic heterocycles. The maximum Gasteiger partial charge on any atom is 0.258 e. The first-order valence-electron chi connectivity index (χ1n) is 6.25. The molecule has 1 amide bonds. The molecule has 0 fully saturated rings. The summed E-state index contributed by atoms with van der Waals surface area (Å²) in [5, 5.41) is 10.3. The van der Waals surface area contributed by atoms with Crippen LogP contribution < -0.4 is 0 Å². The Morgan fingerprint density at radius 3 is 2.73 bits per heavy atom. The molecule has 0 saturated heterocycles. The van der Waals surface area contributed by atoms with Crippen molar-refractivity contribution in [3.05, 3.63) is 63.4 Å². The molecule has 8 heteroatoms. The molecule has 3 rings (SSSR count). The van der Waals surface area contributed by atoms with Gasteiger partial charge in [0.05, 0.1) is 22.3 Å². The molecule has 0 saturated carbocycles. The number of pyridine rings is 1. The van der Waals surface area contributed by atoms with E-state index in [1.165, 1.54) is 30.5 Å². The number of hydrogen-bond donors (Lipinski definition) is 1. The second-order valence-electron chi connectivity index (χ2n) is 4.85. The maximum atomic E-state index is 13.9. The number of fused-ring (bicyclic) bond motifs is 1. The van der Waals surface area contributed by atoms with Crippen LogP contribution in [0.5, 0.6) is 0 Å². The lowest BCUT2D eigenvalue weighted by Gasteiger charge is -2.31. The maximum absolute atomic E-state index is 13.9. The van der Waals surface area contributed by atoms with E-state index >= 15 is 0 Å². The Kier molecular flexibility index (Phi) is 3.53. The van der Waals surface area contributed by atoms with Crippen LogP contribution in [0.3, 0.4) is 0 Å². The SMILES string of the molecule is [B]C1(O)c2ncccc2C(=O)N1Cc1ccc(Br)c(F)c1F. The minimum absolute atomic E-state index is 0.0157. The Hall–Kier alpha value is -1.80. The van der Waals surface area contributed by atoms with Gasteiger partial charge >= 0.3 is 0 Å². The van der Waals surface area contributed by atoms with Gasteiger partial charge < -0.3 is 10.0 Å². The second-order valence-corrected chi connectivity index (χ2v) is 5.71. The van der Waals surface area contributed by atoms with Crippen LogP contribution in [-0.4, -0.2) is 28.7 Å². The fraction of sp³-hybridized carbons (Fsp3) is 0.143. The normalized spacial score (nSPS) is 20.4. The molecular formula is C14H8BBrF2N2O2.